The van der Waals surface area contributed by atoms with Crippen LogP contribution < -0.4 is 0 Å². The van der Waals surface area contributed by atoms with Crippen molar-refractivity contribution in [2.24, 2.45) is 16.7 Å². The molecule has 1 heterocycles. The van der Waals surface area contributed by atoms with Crippen LogP contribution in [0.5, 0.6) is 0 Å². The zero-order chi connectivity index (χ0) is 22.9. The van der Waals surface area contributed by atoms with Crippen LogP contribution >= 0.6 is 31.9 Å². The lowest BCUT2D eigenvalue weighted by Crippen LogP contribution is -2.49. The first-order chi connectivity index (χ1) is 13.7. The number of aromatic nitrogens is 1. The number of allylic oxidation sites excluding steroid dienone is 2. The largest absolute Gasteiger partial charge is 0.385 e. The maximum absolute atomic E-state index is 12.8. The molecule has 1 aliphatic rings. The Morgan fingerprint density at radius 1 is 1.20 bits per heavy atom. The molecule has 0 aliphatic heterocycles. The predicted octanol–water partition coefficient (Wildman–Crippen LogP) is 8.00. The van der Waals surface area contributed by atoms with Gasteiger partial charge in [-0.2, -0.15) is 0 Å². The minimum atomic E-state index is -0.853. The molecular formula is C25H37Br2NO2. The number of hydrogen-bond donors (Lipinski definition) is 2. The van der Waals surface area contributed by atoms with Gasteiger partial charge in [0.05, 0.1) is 20.2 Å². The van der Waals surface area contributed by atoms with E-state index in [1.54, 1.807) is 6.20 Å². The van der Waals surface area contributed by atoms with Gasteiger partial charge in [0.15, 0.2) is 5.78 Å². The summed E-state index contributed by atoms with van der Waals surface area (Å²) in [6.45, 7) is 15.3. The Labute approximate surface area is 199 Å². The van der Waals surface area contributed by atoms with Crippen LogP contribution in [0.25, 0.3) is 0 Å². The number of carbonyl (C=O) groups excluding carboxylic acids is 1. The molecule has 168 valence electrons. The van der Waals surface area contributed by atoms with Crippen LogP contribution in [0, 0.1) is 16.7 Å². The Kier molecular flexibility index (Phi) is 8.07. The topological polar surface area (TPSA) is 53.1 Å². The van der Waals surface area contributed by atoms with Crippen molar-refractivity contribution in [1.29, 1.82) is 0 Å². The highest BCUT2D eigenvalue weighted by Gasteiger charge is 2.49. The second-order valence-corrected chi connectivity index (χ2v) is 12.3. The number of H-pyrrole nitrogens is 1. The van der Waals surface area contributed by atoms with E-state index in [2.05, 4.69) is 97.5 Å². The summed E-state index contributed by atoms with van der Waals surface area (Å²) in [4.78, 5) is 15.8. The molecule has 1 aliphatic carbocycles. The summed E-state index contributed by atoms with van der Waals surface area (Å²) in [6, 6.07) is 0. The fourth-order valence-corrected chi connectivity index (χ4v) is 5.36. The van der Waals surface area contributed by atoms with E-state index in [0.29, 0.717) is 18.4 Å². The maximum Gasteiger partial charge on any atom is 0.165 e. The molecule has 0 bridgehead atoms. The standard InChI is InChI=1S/C25H37Br2NO2/c1-8-9-12-25(30)19(23(2,3)4)13-16(14-20(25)24(5,6)7)10-11-18(29)17-15-28-22(27)21(17)26/h13-15,19,28,30H,8-12H2,1-7H3. The molecule has 0 aromatic carbocycles. The van der Waals surface area contributed by atoms with Crippen LogP contribution in [0.15, 0.2) is 38.6 Å². The van der Waals surface area contributed by atoms with Gasteiger partial charge in [-0.05, 0) is 61.1 Å². The zero-order valence-corrected chi connectivity index (χ0v) is 22.6. The number of ketones is 1. The number of hydrogen-bond acceptors (Lipinski definition) is 2. The van der Waals surface area contributed by atoms with Gasteiger partial charge >= 0.3 is 0 Å². The van der Waals surface area contributed by atoms with Crippen LogP contribution in [-0.4, -0.2) is 21.5 Å². The smallest absolute Gasteiger partial charge is 0.165 e. The van der Waals surface area contributed by atoms with Crippen molar-refractivity contribution in [3.8, 4) is 0 Å². The minimum Gasteiger partial charge on any atom is -0.385 e. The highest BCUT2D eigenvalue weighted by Crippen LogP contribution is 2.51. The Morgan fingerprint density at radius 2 is 1.83 bits per heavy atom. The van der Waals surface area contributed by atoms with Gasteiger partial charge in [0.1, 0.15) is 0 Å². The predicted molar refractivity (Wildman–Crippen MR) is 133 cm³/mol. The van der Waals surface area contributed by atoms with E-state index >= 15 is 0 Å². The first-order valence-corrected chi connectivity index (χ1v) is 12.5. The van der Waals surface area contributed by atoms with Crippen LogP contribution in [0.1, 0.15) is 90.9 Å². The van der Waals surface area contributed by atoms with Gasteiger partial charge in [-0.15, -0.1) is 0 Å². The molecule has 0 radical (unpaired) electrons. The second-order valence-electron chi connectivity index (χ2n) is 10.7. The quantitative estimate of drug-likeness (QED) is 0.343. The third kappa shape index (κ3) is 5.58. The number of aliphatic hydroxyl groups is 1. The van der Waals surface area contributed by atoms with E-state index in [0.717, 1.165) is 39.5 Å². The zero-order valence-electron chi connectivity index (χ0n) is 19.5. The molecule has 5 heteroatoms. The van der Waals surface area contributed by atoms with Crippen molar-refractivity contribution in [2.45, 2.75) is 86.2 Å². The van der Waals surface area contributed by atoms with Crippen LogP contribution in [0.4, 0.5) is 0 Å². The molecular weight excluding hydrogens is 506 g/mol. The van der Waals surface area contributed by atoms with Crippen LogP contribution in [-0.2, 0) is 0 Å². The molecule has 0 amide bonds. The van der Waals surface area contributed by atoms with Crippen molar-refractivity contribution in [3.05, 3.63) is 44.1 Å². The summed E-state index contributed by atoms with van der Waals surface area (Å²) in [5.41, 5.74) is 1.83. The number of Topliss-reactive ketones (excluding diaryl/α,β-unsaturated/α-hetero) is 1. The third-order valence-electron chi connectivity index (χ3n) is 6.06. The Morgan fingerprint density at radius 3 is 2.30 bits per heavy atom. The fraction of sp³-hybridized carbons (Fsp3) is 0.640. The second kappa shape index (κ2) is 9.46. The first kappa shape index (κ1) is 25.6. The summed E-state index contributed by atoms with van der Waals surface area (Å²) in [6.07, 6.45) is 10.1. The minimum absolute atomic E-state index is 0.00835. The van der Waals surface area contributed by atoms with Gasteiger partial charge in [0.2, 0.25) is 0 Å². The van der Waals surface area contributed by atoms with E-state index in [1.807, 2.05) is 0 Å². The Balaban J connectivity index is 2.38. The number of rotatable bonds is 7. The number of nitrogens with one attached hydrogen (secondary N) is 1. The average molecular weight is 543 g/mol. The summed E-state index contributed by atoms with van der Waals surface area (Å²) in [5.74, 6) is 0.114. The molecule has 2 rings (SSSR count). The van der Waals surface area contributed by atoms with Crippen molar-refractivity contribution in [1.82, 2.24) is 4.98 Å². The van der Waals surface area contributed by atoms with E-state index < -0.39 is 5.60 Å². The number of carbonyl (C=O) groups is 1. The maximum atomic E-state index is 12.8. The van der Waals surface area contributed by atoms with Gasteiger partial charge in [0, 0.05) is 18.5 Å². The van der Waals surface area contributed by atoms with Crippen LogP contribution in [0.2, 0.25) is 0 Å². The molecule has 1 aromatic rings. The molecule has 30 heavy (non-hydrogen) atoms. The molecule has 1 aromatic heterocycles. The summed E-state index contributed by atoms with van der Waals surface area (Å²) >= 11 is 6.87. The number of aromatic amines is 1. The number of unbranched alkanes of at least 4 members (excludes halogenated alkanes) is 1. The van der Waals surface area contributed by atoms with E-state index in [9.17, 15) is 9.90 Å². The molecule has 3 nitrogen and oxygen atoms in total. The van der Waals surface area contributed by atoms with Gasteiger partial charge in [-0.25, -0.2) is 0 Å². The summed E-state index contributed by atoms with van der Waals surface area (Å²) in [7, 11) is 0. The van der Waals surface area contributed by atoms with Gasteiger partial charge in [-0.1, -0.05) is 79.0 Å². The SMILES string of the molecule is CCCCC1(O)C(C(C)(C)C)=CC(CCC(=O)c2c[nH]c(Br)c2Br)=CC1C(C)(C)C. The number of halogens is 2. The summed E-state index contributed by atoms with van der Waals surface area (Å²) < 4.78 is 1.56. The van der Waals surface area contributed by atoms with Crippen molar-refractivity contribution in [2.75, 3.05) is 0 Å². The molecule has 0 spiro atoms. The van der Waals surface area contributed by atoms with Crippen molar-refractivity contribution < 1.29 is 9.90 Å². The molecule has 2 N–H and O–H groups in total. The van der Waals surface area contributed by atoms with Crippen molar-refractivity contribution in [3.63, 3.8) is 0 Å². The molecule has 0 fully saturated rings. The van der Waals surface area contributed by atoms with Crippen molar-refractivity contribution >= 4 is 37.6 Å². The first-order valence-electron chi connectivity index (χ1n) is 10.9. The lowest BCUT2D eigenvalue weighted by molar-refractivity contribution is -0.0317. The molecule has 0 saturated carbocycles. The Hall–Kier alpha value is -0.650. The van der Waals surface area contributed by atoms with E-state index in [-0.39, 0.29) is 22.5 Å². The summed E-state index contributed by atoms with van der Waals surface area (Å²) in [5, 5.41) is 12.0. The third-order valence-corrected chi connectivity index (χ3v) is 8.04. The lowest BCUT2D eigenvalue weighted by Gasteiger charge is -2.50. The normalized spacial score (nSPS) is 22.7. The molecule has 2 atom stereocenters. The van der Waals surface area contributed by atoms with Gasteiger partial charge in [0.25, 0.3) is 0 Å². The monoisotopic (exact) mass is 541 g/mol. The van der Waals surface area contributed by atoms with Gasteiger partial charge in [-0.3, -0.25) is 4.79 Å². The van der Waals surface area contributed by atoms with E-state index in [1.165, 1.54) is 0 Å². The van der Waals surface area contributed by atoms with Crippen LogP contribution in [0.3, 0.4) is 0 Å². The Bertz CT molecular complexity index is 836. The fourth-order valence-electron chi connectivity index (χ4n) is 4.58. The lowest BCUT2D eigenvalue weighted by atomic mass is 9.58. The average Bonchev–Trinajstić information content (AvgIpc) is 2.96. The molecule has 0 saturated heterocycles. The van der Waals surface area contributed by atoms with E-state index in [4.69, 9.17) is 0 Å². The van der Waals surface area contributed by atoms with Gasteiger partial charge < -0.3 is 10.1 Å². The highest BCUT2D eigenvalue weighted by atomic mass is 79.9. The molecule has 2 unspecified atom stereocenters. The highest BCUT2D eigenvalue weighted by molar-refractivity contribution is 9.13.